The number of thiophene rings is 1. The van der Waals surface area contributed by atoms with Crippen LogP contribution in [0.5, 0.6) is 0 Å². The molecule has 2 nitrogen and oxygen atoms in total. The molecule has 0 aliphatic carbocycles. The summed E-state index contributed by atoms with van der Waals surface area (Å²) in [4.78, 5) is 4.73. The molecule has 0 fully saturated rings. The maximum atomic E-state index is 7.75. The monoisotopic (exact) mass is 634 g/mol. The van der Waals surface area contributed by atoms with Crippen molar-refractivity contribution in [1.82, 2.24) is 0 Å². The second-order valence-corrected chi connectivity index (χ2v) is 17.6. The van der Waals surface area contributed by atoms with Crippen molar-refractivity contribution in [3.05, 3.63) is 156 Å². The molecule has 5 heteroatoms. The summed E-state index contributed by atoms with van der Waals surface area (Å²) in [6, 6.07) is 52.1. The second-order valence-electron chi connectivity index (χ2n) is 12.0. The Morgan fingerprint density at radius 3 is 1.84 bits per heavy atom. The summed E-state index contributed by atoms with van der Waals surface area (Å²) in [5.74, 6) is 0. The molecule has 0 bridgehead atoms. The van der Waals surface area contributed by atoms with Gasteiger partial charge in [-0.15, -0.1) is 11.3 Å². The fraction of sp³-hybridized carbons (Fsp3) is 0.0500. The van der Waals surface area contributed by atoms with Gasteiger partial charge in [-0.25, -0.2) is 0 Å². The third kappa shape index (κ3) is 4.60. The SMILES string of the molecule is C[Si]1(C)c2ccccc2N(c2cc(-c3ccccc3)cc(N(c3ccccc3)c3csc4ccccc34)c2Cl)c2ccccc21. The van der Waals surface area contributed by atoms with Crippen molar-refractivity contribution in [2.24, 2.45) is 0 Å². The van der Waals surface area contributed by atoms with Crippen LogP contribution in [0.2, 0.25) is 18.1 Å². The molecule has 0 saturated carbocycles. The van der Waals surface area contributed by atoms with Crippen molar-refractivity contribution in [2.45, 2.75) is 13.1 Å². The van der Waals surface area contributed by atoms with Gasteiger partial charge in [-0.1, -0.05) is 128 Å². The van der Waals surface area contributed by atoms with Gasteiger partial charge >= 0.3 is 0 Å². The summed E-state index contributed by atoms with van der Waals surface area (Å²) >= 11 is 9.51. The second kappa shape index (κ2) is 11.1. The van der Waals surface area contributed by atoms with Gasteiger partial charge < -0.3 is 9.80 Å². The van der Waals surface area contributed by atoms with E-state index in [4.69, 9.17) is 11.6 Å². The molecular formula is C40H31ClN2SSi. The molecule has 0 saturated heterocycles. The Morgan fingerprint density at radius 2 is 1.16 bits per heavy atom. The molecule has 45 heavy (non-hydrogen) atoms. The smallest absolute Gasteiger partial charge is 0.117 e. The van der Waals surface area contributed by atoms with Crippen molar-refractivity contribution in [2.75, 3.05) is 9.80 Å². The molecule has 1 aliphatic heterocycles. The van der Waals surface area contributed by atoms with Crippen molar-refractivity contribution >= 4 is 85.6 Å². The Morgan fingerprint density at radius 1 is 0.578 bits per heavy atom. The Kier molecular flexibility index (Phi) is 6.87. The lowest BCUT2D eigenvalue weighted by atomic mass is 10.0. The number of nitrogens with zero attached hydrogens (tertiary/aromatic N) is 2. The molecule has 0 atom stereocenters. The molecule has 0 radical (unpaired) electrons. The summed E-state index contributed by atoms with van der Waals surface area (Å²) in [5, 5.41) is 6.99. The molecule has 0 spiro atoms. The Hall–Kier alpha value is -4.61. The predicted octanol–water partition coefficient (Wildman–Crippen LogP) is 11.3. The van der Waals surface area contributed by atoms with Gasteiger partial charge in [0.15, 0.2) is 0 Å². The summed E-state index contributed by atoms with van der Waals surface area (Å²) < 4.78 is 1.25. The van der Waals surface area contributed by atoms with E-state index in [1.54, 1.807) is 11.3 Å². The third-order valence-corrected chi connectivity index (χ3v) is 13.9. The molecule has 0 unspecified atom stereocenters. The van der Waals surface area contributed by atoms with Crippen LogP contribution in [0.1, 0.15) is 0 Å². The number of hydrogen-bond acceptors (Lipinski definition) is 3. The van der Waals surface area contributed by atoms with Crippen LogP contribution in [0.4, 0.5) is 34.1 Å². The van der Waals surface area contributed by atoms with Gasteiger partial charge in [0.25, 0.3) is 0 Å². The maximum absolute atomic E-state index is 7.75. The van der Waals surface area contributed by atoms with Crippen LogP contribution < -0.4 is 20.2 Å². The summed E-state index contributed by atoms with van der Waals surface area (Å²) in [7, 11) is -1.96. The zero-order valence-electron chi connectivity index (χ0n) is 25.1. The topological polar surface area (TPSA) is 6.48 Å². The van der Waals surface area contributed by atoms with E-state index >= 15 is 0 Å². The number of rotatable bonds is 5. The Bertz CT molecular complexity index is 2130. The minimum atomic E-state index is -1.96. The van der Waals surface area contributed by atoms with Crippen molar-refractivity contribution in [3.63, 3.8) is 0 Å². The Balaban J connectivity index is 1.46. The number of halogens is 1. The van der Waals surface area contributed by atoms with Gasteiger partial charge in [0, 0.05) is 32.5 Å². The lowest BCUT2D eigenvalue weighted by molar-refractivity contribution is 1.26. The predicted molar refractivity (Wildman–Crippen MR) is 198 cm³/mol. The highest BCUT2D eigenvalue weighted by Gasteiger charge is 2.39. The molecule has 0 amide bonds. The fourth-order valence-corrected chi connectivity index (χ4v) is 11.0. The average molecular weight is 635 g/mol. The zero-order valence-corrected chi connectivity index (χ0v) is 27.7. The van der Waals surface area contributed by atoms with E-state index < -0.39 is 8.07 Å². The van der Waals surface area contributed by atoms with Gasteiger partial charge in [0.05, 0.1) is 22.1 Å². The van der Waals surface area contributed by atoms with Crippen LogP contribution in [0, 0.1) is 0 Å². The van der Waals surface area contributed by atoms with Gasteiger partial charge in [-0.3, -0.25) is 0 Å². The highest BCUT2D eigenvalue weighted by Crippen LogP contribution is 2.51. The Labute approximate surface area is 274 Å². The lowest BCUT2D eigenvalue weighted by Gasteiger charge is -2.41. The first-order valence-electron chi connectivity index (χ1n) is 15.2. The molecule has 1 aromatic heterocycles. The minimum Gasteiger partial charge on any atom is -0.309 e. The quantitative estimate of drug-likeness (QED) is 0.174. The first-order valence-corrected chi connectivity index (χ1v) is 19.5. The minimum absolute atomic E-state index is 0.708. The summed E-state index contributed by atoms with van der Waals surface area (Å²) in [6.45, 7) is 4.91. The number of fused-ring (bicyclic) bond motifs is 3. The van der Waals surface area contributed by atoms with E-state index in [1.807, 2.05) is 0 Å². The van der Waals surface area contributed by atoms with Gasteiger partial charge in [-0.2, -0.15) is 0 Å². The normalized spacial score (nSPS) is 13.4. The average Bonchev–Trinajstić information content (AvgIpc) is 3.51. The van der Waals surface area contributed by atoms with Gasteiger partial charge in [0.2, 0.25) is 0 Å². The number of benzene rings is 6. The van der Waals surface area contributed by atoms with E-state index in [0.29, 0.717) is 5.02 Å². The maximum Gasteiger partial charge on any atom is 0.117 e. The van der Waals surface area contributed by atoms with Gasteiger partial charge in [-0.05, 0) is 64.0 Å². The van der Waals surface area contributed by atoms with Crippen molar-refractivity contribution in [3.8, 4) is 11.1 Å². The molecule has 8 rings (SSSR count). The van der Waals surface area contributed by atoms with E-state index in [-0.39, 0.29) is 0 Å². The van der Waals surface area contributed by atoms with Crippen LogP contribution in [0.25, 0.3) is 21.2 Å². The highest BCUT2D eigenvalue weighted by molar-refractivity contribution is 7.17. The summed E-state index contributed by atoms with van der Waals surface area (Å²) in [6.07, 6.45) is 0. The summed E-state index contributed by atoms with van der Waals surface area (Å²) in [5.41, 5.74) is 8.77. The third-order valence-electron chi connectivity index (χ3n) is 8.98. The molecule has 0 N–H and O–H groups in total. The molecule has 218 valence electrons. The molecule has 7 aromatic rings. The van der Waals surface area contributed by atoms with Crippen molar-refractivity contribution < 1.29 is 0 Å². The molecule has 1 aliphatic rings. The highest BCUT2D eigenvalue weighted by atomic mass is 35.5. The number of hydrogen-bond donors (Lipinski definition) is 0. The van der Waals surface area contributed by atoms with Crippen LogP contribution >= 0.6 is 22.9 Å². The number of para-hydroxylation sites is 3. The number of anilines is 6. The van der Waals surface area contributed by atoms with Crippen LogP contribution in [0.3, 0.4) is 0 Å². The molecule has 2 heterocycles. The van der Waals surface area contributed by atoms with Crippen LogP contribution in [-0.2, 0) is 0 Å². The fourth-order valence-electron chi connectivity index (χ4n) is 6.77. The zero-order chi connectivity index (χ0) is 30.5. The van der Waals surface area contributed by atoms with E-state index in [1.165, 1.54) is 31.8 Å². The van der Waals surface area contributed by atoms with Crippen LogP contribution in [-0.4, -0.2) is 8.07 Å². The van der Waals surface area contributed by atoms with Crippen LogP contribution in [0.15, 0.2) is 151 Å². The van der Waals surface area contributed by atoms with E-state index in [0.717, 1.165) is 33.9 Å². The van der Waals surface area contributed by atoms with E-state index in [2.05, 4.69) is 174 Å². The van der Waals surface area contributed by atoms with E-state index in [9.17, 15) is 0 Å². The molecular weight excluding hydrogens is 604 g/mol. The first kappa shape index (κ1) is 27.9. The molecule has 6 aromatic carbocycles. The van der Waals surface area contributed by atoms with Gasteiger partial charge in [0.1, 0.15) is 8.07 Å². The largest absolute Gasteiger partial charge is 0.309 e. The standard InChI is InChI=1S/C40H31ClN2SSi/c1-45(2)38-23-13-10-20-32(38)43(33-21-11-14-24-39(33)45)35-26-29(28-15-5-3-6-16-28)25-34(40(35)41)42(30-17-7-4-8-18-30)36-27-44-37-22-12-9-19-31(36)37/h3-27H,1-2H3. The lowest BCUT2D eigenvalue weighted by Crippen LogP contribution is -2.58. The van der Waals surface area contributed by atoms with Crippen molar-refractivity contribution in [1.29, 1.82) is 0 Å². The first-order chi connectivity index (χ1) is 22.0.